The lowest BCUT2D eigenvalue weighted by molar-refractivity contribution is -0.133. The molecule has 0 saturated carbocycles. The minimum absolute atomic E-state index is 0.0247. The lowest BCUT2D eigenvalue weighted by Gasteiger charge is -2.37. The second-order valence-corrected chi connectivity index (χ2v) is 7.23. The molecule has 0 saturated heterocycles. The van der Waals surface area contributed by atoms with Gasteiger partial charge in [-0.2, -0.15) is 0 Å². The highest BCUT2D eigenvalue weighted by molar-refractivity contribution is 5.97. The molecule has 6 heteroatoms. The number of benzene rings is 2. The Hall–Kier alpha value is -3.54. The third-order valence-electron chi connectivity index (χ3n) is 5.45. The number of hydrogen-bond acceptors (Lipinski definition) is 3. The van der Waals surface area contributed by atoms with Gasteiger partial charge in [-0.05, 0) is 29.8 Å². The van der Waals surface area contributed by atoms with Gasteiger partial charge >= 0.3 is 0 Å². The van der Waals surface area contributed by atoms with Crippen LogP contribution in [-0.2, 0) is 11.3 Å². The lowest BCUT2D eigenvalue weighted by atomic mass is 9.99. The molecule has 1 aromatic heterocycles. The van der Waals surface area contributed by atoms with Crippen LogP contribution in [0.25, 0.3) is 0 Å². The molecule has 1 aliphatic rings. The Balaban J connectivity index is 1.44. The Bertz CT molecular complexity index is 1030. The topological polar surface area (TPSA) is 63.6 Å². The van der Waals surface area contributed by atoms with Crippen molar-refractivity contribution in [1.82, 2.24) is 14.8 Å². The first kappa shape index (κ1) is 19.8. The molecule has 154 valence electrons. The molecular weight excluding hydrogens is 378 g/mol. The van der Waals surface area contributed by atoms with Crippen LogP contribution < -0.4 is 10.1 Å². The van der Waals surface area contributed by atoms with Gasteiger partial charge in [0.05, 0.1) is 18.7 Å². The van der Waals surface area contributed by atoms with E-state index in [9.17, 15) is 9.59 Å². The van der Waals surface area contributed by atoms with Crippen molar-refractivity contribution in [2.45, 2.75) is 19.0 Å². The molecule has 4 rings (SSSR count). The molecular formula is C24H25N3O3. The van der Waals surface area contributed by atoms with Gasteiger partial charge in [-0.15, -0.1) is 0 Å². The average molecular weight is 403 g/mol. The summed E-state index contributed by atoms with van der Waals surface area (Å²) in [4.78, 5) is 27.5. The normalized spacial score (nSPS) is 15.4. The van der Waals surface area contributed by atoms with Crippen molar-refractivity contribution in [3.05, 3.63) is 89.7 Å². The standard InChI is InChI=1S/C24H25N3O3/c1-30-21-12-6-5-10-19(21)24(29)25-14-13-22(28)27-17-16-26-15-7-11-20(26)23(27)18-8-3-2-4-9-18/h2-12,15,23H,13-14,16-17H2,1H3,(H,25,29). The van der Waals surface area contributed by atoms with Gasteiger partial charge in [0.15, 0.2) is 0 Å². The first-order valence-electron chi connectivity index (χ1n) is 10.1. The molecule has 0 bridgehead atoms. The number of fused-ring (bicyclic) bond motifs is 1. The molecule has 1 atom stereocenters. The summed E-state index contributed by atoms with van der Waals surface area (Å²) in [6.07, 6.45) is 2.30. The molecule has 3 aromatic rings. The van der Waals surface area contributed by atoms with Crippen LogP contribution in [0.1, 0.15) is 34.1 Å². The van der Waals surface area contributed by atoms with Crippen LogP contribution in [0.2, 0.25) is 0 Å². The number of nitrogens with zero attached hydrogens (tertiary/aromatic N) is 2. The number of hydrogen-bond donors (Lipinski definition) is 1. The molecule has 1 N–H and O–H groups in total. The van der Waals surface area contributed by atoms with E-state index < -0.39 is 0 Å². The maximum absolute atomic E-state index is 13.1. The Morgan fingerprint density at radius 1 is 1.00 bits per heavy atom. The van der Waals surface area contributed by atoms with Gasteiger partial charge < -0.3 is 19.5 Å². The van der Waals surface area contributed by atoms with E-state index in [1.807, 2.05) is 35.2 Å². The summed E-state index contributed by atoms with van der Waals surface area (Å²) in [5.41, 5.74) is 2.66. The maximum Gasteiger partial charge on any atom is 0.255 e. The summed E-state index contributed by atoms with van der Waals surface area (Å²) >= 11 is 0. The molecule has 0 radical (unpaired) electrons. The van der Waals surface area contributed by atoms with Gasteiger partial charge in [0.2, 0.25) is 5.91 Å². The van der Waals surface area contributed by atoms with Gasteiger partial charge in [0, 0.05) is 37.9 Å². The summed E-state index contributed by atoms with van der Waals surface area (Å²) < 4.78 is 7.44. The van der Waals surface area contributed by atoms with E-state index in [-0.39, 0.29) is 30.8 Å². The van der Waals surface area contributed by atoms with E-state index in [1.54, 1.807) is 18.2 Å². The van der Waals surface area contributed by atoms with Gasteiger partial charge in [0.25, 0.3) is 5.91 Å². The summed E-state index contributed by atoms with van der Waals surface area (Å²) in [5, 5.41) is 2.84. The second-order valence-electron chi connectivity index (χ2n) is 7.23. The van der Waals surface area contributed by atoms with Crippen molar-refractivity contribution in [3.8, 4) is 5.75 Å². The summed E-state index contributed by atoms with van der Waals surface area (Å²) in [6, 6.07) is 21.1. The zero-order valence-electron chi connectivity index (χ0n) is 17.0. The zero-order valence-corrected chi connectivity index (χ0v) is 17.0. The number of ether oxygens (including phenoxy) is 1. The quantitative estimate of drug-likeness (QED) is 0.687. The van der Waals surface area contributed by atoms with E-state index in [0.717, 1.165) is 17.8 Å². The van der Waals surface area contributed by atoms with Crippen LogP contribution in [0.5, 0.6) is 5.75 Å². The van der Waals surface area contributed by atoms with Crippen LogP contribution in [0.15, 0.2) is 72.9 Å². The lowest BCUT2D eigenvalue weighted by Crippen LogP contribution is -2.43. The van der Waals surface area contributed by atoms with Crippen LogP contribution in [-0.4, -0.2) is 41.5 Å². The monoisotopic (exact) mass is 403 g/mol. The highest BCUT2D eigenvalue weighted by Crippen LogP contribution is 2.32. The van der Waals surface area contributed by atoms with Crippen LogP contribution >= 0.6 is 0 Å². The fourth-order valence-electron chi connectivity index (χ4n) is 3.99. The van der Waals surface area contributed by atoms with E-state index >= 15 is 0 Å². The van der Waals surface area contributed by atoms with Crippen molar-refractivity contribution in [1.29, 1.82) is 0 Å². The molecule has 2 amide bonds. The minimum atomic E-state index is -0.243. The van der Waals surface area contributed by atoms with Crippen LogP contribution in [0.4, 0.5) is 0 Å². The third-order valence-corrected chi connectivity index (χ3v) is 5.45. The Morgan fingerprint density at radius 3 is 2.57 bits per heavy atom. The number of nitrogens with one attached hydrogen (secondary N) is 1. The number of aromatic nitrogens is 1. The van der Waals surface area contributed by atoms with E-state index in [4.69, 9.17) is 4.74 Å². The van der Waals surface area contributed by atoms with Crippen molar-refractivity contribution in [3.63, 3.8) is 0 Å². The molecule has 0 spiro atoms. The van der Waals surface area contributed by atoms with Gasteiger partial charge in [-0.25, -0.2) is 0 Å². The Labute approximate surface area is 176 Å². The number of amides is 2. The fourth-order valence-corrected chi connectivity index (χ4v) is 3.99. The molecule has 0 fully saturated rings. The molecule has 30 heavy (non-hydrogen) atoms. The molecule has 1 unspecified atom stereocenters. The van der Waals surface area contributed by atoms with Gasteiger partial charge in [-0.1, -0.05) is 42.5 Å². The first-order chi connectivity index (χ1) is 14.7. The number of para-hydroxylation sites is 1. The van der Waals surface area contributed by atoms with E-state index in [2.05, 4.69) is 34.3 Å². The first-order valence-corrected chi connectivity index (χ1v) is 10.1. The largest absolute Gasteiger partial charge is 0.496 e. The van der Waals surface area contributed by atoms with Crippen molar-refractivity contribution in [2.24, 2.45) is 0 Å². The highest BCUT2D eigenvalue weighted by Gasteiger charge is 2.31. The average Bonchev–Trinajstić information content (AvgIpc) is 3.27. The summed E-state index contributed by atoms with van der Waals surface area (Å²) in [5.74, 6) is 0.297. The molecule has 2 heterocycles. The third kappa shape index (κ3) is 3.94. The fraction of sp³-hybridized carbons (Fsp3) is 0.250. The van der Waals surface area contributed by atoms with Crippen LogP contribution in [0, 0.1) is 0 Å². The summed E-state index contributed by atoms with van der Waals surface area (Å²) in [6.45, 7) is 1.68. The number of rotatable bonds is 6. The van der Waals surface area contributed by atoms with E-state index in [0.29, 0.717) is 17.9 Å². The molecule has 2 aromatic carbocycles. The molecule has 0 aliphatic carbocycles. The smallest absolute Gasteiger partial charge is 0.255 e. The van der Waals surface area contributed by atoms with Crippen molar-refractivity contribution >= 4 is 11.8 Å². The predicted octanol–water partition coefficient (Wildman–Crippen LogP) is 3.25. The number of methoxy groups -OCH3 is 1. The van der Waals surface area contributed by atoms with E-state index in [1.165, 1.54) is 7.11 Å². The Kier molecular flexibility index (Phi) is 5.84. The van der Waals surface area contributed by atoms with Crippen LogP contribution in [0.3, 0.4) is 0 Å². The maximum atomic E-state index is 13.1. The highest BCUT2D eigenvalue weighted by atomic mass is 16.5. The van der Waals surface area contributed by atoms with Gasteiger partial charge in [-0.3, -0.25) is 9.59 Å². The molecule has 1 aliphatic heterocycles. The SMILES string of the molecule is COc1ccccc1C(=O)NCCC(=O)N1CCn2cccc2C1c1ccccc1. The van der Waals surface area contributed by atoms with Gasteiger partial charge in [0.1, 0.15) is 5.75 Å². The number of carbonyl (C=O) groups is 2. The minimum Gasteiger partial charge on any atom is -0.496 e. The predicted molar refractivity (Wildman–Crippen MR) is 114 cm³/mol. The van der Waals surface area contributed by atoms with Crippen molar-refractivity contribution < 1.29 is 14.3 Å². The van der Waals surface area contributed by atoms with Crippen molar-refractivity contribution in [2.75, 3.05) is 20.2 Å². The summed E-state index contributed by atoms with van der Waals surface area (Å²) in [7, 11) is 1.53. The number of carbonyl (C=O) groups excluding carboxylic acids is 2. The second kappa shape index (κ2) is 8.86. The zero-order chi connectivity index (χ0) is 20.9. The molecule has 6 nitrogen and oxygen atoms in total. The Morgan fingerprint density at radius 2 is 1.77 bits per heavy atom.